The van der Waals surface area contributed by atoms with Crippen LogP contribution < -0.4 is 5.32 Å². The fraction of sp³-hybridized carbons (Fsp3) is 0.158. The number of anilines is 1. The molecule has 2 aromatic carbocycles. The van der Waals surface area contributed by atoms with Gasteiger partial charge >= 0.3 is 0 Å². The molecule has 2 heterocycles. The zero-order chi connectivity index (χ0) is 19.3. The average molecular weight is 475 g/mol. The van der Waals surface area contributed by atoms with E-state index in [9.17, 15) is 4.79 Å². The molecule has 1 amide bonds. The number of halogens is 1. The van der Waals surface area contributed by atoms with Gasteiger partial charge in [0.1, 0.15) is 0 Å². The van der Waals surface area contributed by atoms with E-state index < -0.39 is 0 Å². The van der Waals surface area contributed by atoms with Crippen LogP contribution in [0.3, 0.4) is 0 Å². The molecular weight excluding hydrogens is 460 g/mol. The third-order valence-electron chi connectivity index (χ3n) is 3.80. The van der Waals surface area contributed by atoms with Crippen LogP contribution >= 0.6 is 39.0 Å². The normalized spacial score (nSPS) is 11.0. The number of hydrogen-bond acceptors (Lipinski definition) is 7. The van der Waals surface area contributed by atoms with Gasteiger partial charge in [0, 0.05) is 23.0 Å². The maximum absolute atomic E-state index is 12.0. The maximum atomic E-state index is 12.0. The van der Waals surface area contributed by atoms with Crippen LogP contribution in [0.5, 0.6) is 0 Å². The van der Waals surface area contributed by atoms with E-state index in [1.807, 2.05) is 42.5 Å². The second-order valence-electron chi connectivity index (χ2n) is 5.90. The monoisotopic (exact) mass is 474 g/mol. The first kappa shape index (κ1) is 19.1. The van der Waals surface area contributed by atoms with E-state index in [1.54, 1.807) is 23.1 Å². The Bertz CT molecular complexity index is 1060. The molecule has 142 valence electrons. The van der Waals surface area contributed by atoms with E-state index in [1.165, 1.54) is 0 Å². The number of thioether (sulfide) groups is 1. The highest BCUT2D eigenvalue weighted by molar-refractivity contribution is 9.10. The molecule has 0 unspecified atom stereocenters. The Hall–Kier alpha value is -2.23. The van der Waals surface area contributed by atoms with Gasteiger partial charge in [-0.1, -0.05) is 45.0 Å². The predicted molar refractivity (Wildman–Crippen MR) is 115 cm³/mol. The molecule has 6 nitrogen and oxygen atoms in total. The van der Waals surface area contributed by atoms with Crippen molar-refractivity contribution in [2.75, 3.05) is 5.32 Å². The van der Waals surface area contributed by atoms with Crippen LogP contribution in [0.2, 0.25) is 0 Å². The molecule has 0 fully saturated rings. The lowest BCUT2D eigenvalue weighted by atomic mass is 10.2. The van der Waals surface area contributed by atoms with Crippen LogP contribution in [0.4, 0.5) is 5.69 Å². The van der Waals surface area contributed by atoms with Gasteiger partial charge in [-0.05, 0) is 36.4 Å². The number of nitrogens with zero attached hydrogens (tertiary/aromatic N) is 3. The summed E-state index contributed by atoms with van der Waals surface area (Å²) in [6.45, 7) is 0. The topological polar surface area (TPSA) is 80.9 Å². The Morgan fingerprint density at radius 1 is 1.14 bits per heavy atom. The van der Waals surface area contributed by atoms with Crippen LogP contribution in [0.25, 0.3) is 10.2 Å². The van der Waals surface area contributed by atoms with Gasteiger partial charge in [0.2, 0.25) is 11.8 Å². The standard InChI is InChI=1S/C19H15BrN4O2S2/c20-12-5-7-13(8-6-12)21-17(25)9-10-18-23-16(24-26-18)11-27-19-22-14-3-1-2-4-15(14)28-19/h1-8H,9-11H2,(H,21,25). The number of carbonyl (C=O) groups excluding carboxylic acids is 1. The molecule has 0 saturated carbocycles. The van der Waals surface area contributed by atoms with E-state index in [-0.39, 0.29) is 12.3 Å². The third kappa shape index (κ3) is 4.98. The Balaban J connectivity index is 1.26. The molecule has 0 aliphatic heterocycles. The first-order valence-electron chi connectivity index (χ1n) is 8.51. The molecule has 0 spiro atoms. The van der Waals surface area contributed by atoms with Crippen LogP contribution in [0.1, 0.15) is 18.1 Å². The van der Waals surface area contributed by atoms with Crippen molar-refractivity contribution in [3.63, 3.8) is 0 Å². The highest BCUT2D eigenvalue weighted by Crippen LogP contribution is 2.30. The quantitative estimate of drug-likeness (QED) is 0.365. The van der Waals surface area contributed by atoms with Crippen molar-refractivity contribution >= 4 is 60.8 Å². The van der Waals surface area contributed by atoms with Gasteiger partial charge in [-0.2, -0.15) is 4.98 Å². The van der Waals surface area contributed by atoms with Crippen LogP contribution in [0, 0.1) is 0 Å². The second kappa shape index (κ2) is 8.85. The molecule has 1 N–H and O–H groups in total. The molecule has 0 aliphatic rings. The van der Waals surface area contributed by atoms with Crippen molar-refractivity contribution in [2.24, 2.45) is 0 Å². The summed E-state index contributed by atoms with van der Waals surface area (Å²) in [5.41, 5.74) is 1.76. The van der Waals surface area contributed by atoms with Crippen molar-refractivity contribution in [1.29, 1.82) is 0 Å². The minimum Gasteiger partial charge on any atom is -0.339 e. The number of hydrogen-bond donors (Lipinski definition) is 1. The molecule has 28 heavy (non-hydrogen) atoms. The molecule has 0 bridgehead atoms. The molecule has 2 aromatic heterocycles. The summed E-state index contributed by atoms with van der Waals surface area (Å²) >= 11 is 6.59. The van der Waals surface area contributed by atoms with Crippen molar-refractivity contribution in [1.82, 2.24) is 15.1 Å². The summed E-state index contributed by atoms with van der Waals surface area (Å²) in [6.07, 6.45) is 0.684. The Labute approximate surface area is 177 Å². The first-order chi connectivity index (χ1) is 13.7. The Kier molecular flexibility index (Phi) is 6.04. The van der Waals surface area contributed by atoms with Crippen molar-refractivity contribution in [3.8, 4) is 0 Å². The number of nitrogens with one attached hydrogen (secondary N) is 1. The lowest BCUT2D eigenvalue weighted by molar-refractivity contribution is -0.116. The van der Waals surface area contributed by atoms with E-state index in [4.69, 9.17) is 4.52 Å². The zero-order valence-electron chi connectivity index (χ0n) is 14.6. The smallest absolute Gasteiger partial charge is 0.227 e. The number of thiazole rings is 1. The third-order valence-corrected chi connectivity index (χ3v) is 6.51. The summed E-state index contributed by atoms with van der Waals surface area (Å²) in [7, 11) is 0. The number of benzene rings is 2. The number of carbonyl (C=O) groups is 1. The molecule has 0 radical (unpaired) electrons. The van der Waals surface area contributed by atoms with Crippen molar-refractivity contribution in [3.05, 3.63) is 64.7 Å². The van der Waals surface area contributed by atoms with Crippen LogP contribution in [-0.2, 0) is 17.0 Å². The number of rotatable bonds is 7. The zero-order valence-corrected chi connectivity index (χ0v) is 17.8. The lowest BCUT2D eigenvalue weighted by Crippen LogP contribution is -2.12. The van der Waals surface area contributed by atoms with Crippen molar-refractivity contribution < 1.29 is 9.32 Å². The summed E-state index contributed by atoms with van der Waals surface area (Å²) < 4.78 is 8.35. The van der Waals surface area contributed by atoms with Gasteiger partial charge < -0.3 is 9.84 Å². The van der Waals surface area contributed by atoms with E-state index in [0.717, 1.165) is 24.7 Å². The maximum Gasteiger partial charge on any atom is 0.227 e. The minimum absolute atomic E-state index is 0.0917. The van der Waals surface area contributed by atoms with Gasteiger partial charge in [-0.25, -0.2) is 4.98 Å². The first-order valence-corrected chi connectivity index (χ1v) is 11.1. The fourth-order valence-electron chi connectivity index (χ4n) is 2.47. The minimum atomic E-state index is -0.0917. The Morgan fingerprint density at radius 3 is 2.79 bits per heavy atom. The van der Waals surface area contributed by atoms with E-state index in [0.29, 0.717) is 23.9 Å². The van der Waals surface area contributed by atoms with Gasteiger partial charge in [-0.3, -0.25) is 4.79 Å². The highest BCUT2D eigenvalue weighted by Gasteiger charge is 2.11. The number of para-hydroxylation sites is 1. The van der Waals surface area contributed by atoms with Crippen LogP contribution in [-0.4, -0.2) is 21.0 Å². The summed E-state index contributed by atoms with van der Waals surface area (Å²) in [5, 5.41) is 6.83. The molecule has 0 aliphatic carbocycles. The molecular formula is C19H15BrN4O2S2. The highest BCUT2D eigenvalue weighted by atomic mass is 79.9. The number of fused-ring (bicyclic) bond motifs is 1. The molecule has 0 saturated heterocycles. The van der Waals surface area contributed by atoms with E-state index in [2.05, 4.69) is 42.4 Å². The second-order valence-corrected chi connectivity index (χ2v) is 9.06. The summed E-state index contributed by atoms with van der Waals surface area (Å²) in [5.74, 6) is 1.55. The Morgan fingerprint density at radius 2 is 1.96 bits per heavy atom. The largest absolute Gasteiger partial charge is 0.339 e. The number of aromatic nitrogens is 3. The lowest BCUT2D eigenvalue weighted by Gasteiger charge is -2.03. The molecule has 4 rings (SSSR count). The van der Waals surface area contributed by atoms with Gasteiger partial charge in [0.05, 0.1) is 16.0 Å². The van der Waals surface area contributed by atoms with Crippen LogP contribution in [0.15, 0.2) is 61.9 Å². The average Bonchev–Trinajstić information content (AvgIpc) is 3.33. The van der Waals surface area contributed by atoms with Gasteiger partial charge in [-0.15, -0.1) is 11.3 Å². The molecule has 4 aromatic rings. The SMILES string of the molecule is O=C(CCc1nc(CSc2nc3ccccc3s2)no1)Nc1ccc(Br)cc1. The van der Waals surface area contributed by atoms with Crippen molar-refractivity contribution in [2.45, 2.75) is 22.9 Å². The predicted octanol–water partition coefficient (Wildman–Crippen LogP) is 5.31. The number of amides is 1. The molecule has 0 atom stereocenters. The summed E-state index contributed by atoms with van der Waals surface area (Å²) in [4.78, 5) is 21.0. The van der Waals surface area contributed by atoms with E-state index >= 15 is 0 Å². The van der Waals surface area contributed by atoms with Gasteiger partial charge in [0.15, 0.2) is 10.2 Å². The molecule has 9 heteroatoms. The fourth-order valence-corrected chi connectivity index (χ4v) is 4.64. The van der Waals surface area contributed by atoms with Gasteiger partial charge in [0.25, 0.3) is 0 Å². The summed E-state index contributed by atoms with van der Waals surface area (Å²) in [6, 6.07) is 15.5. The number of aryl methyl sites for hydroxylation is 1.